The van der Waals surface area contributed by atoms with Gasteiger partial charge in [-0.3, -0.25) is 4.79 Å². The number of fused-ring (bicyclic) bond motifs is 1. The van der Waals surface area contributed by atoms with Crippen LogP contribution in [0.15, 0.2) is 29.2 Å². The summed E-state index contributed by atoms with van der Waals surface area (Å²) >= 11 is 5.98. The molecule has 0 fully saturated rings. The fourth-order valence-electron chi connectivity index (χ4n) is 2.63. The van der Waals surface area contributed by atoms with Crippen LogP contribution in [-0.4, -0.2) is 22.9 Å². The first kappa shape index (κ1) is 14.9. The molecule has 1 aliphatic carbocycles. The number of ether oxygens (including phenoxy) is 1. The highest BCUT2D eigenvalue weighted by Gasteiger charge is 2.11. The zero-order valence-corrected chi connectivity index (χ0v) is 13.2. The van der Waals surface area contributed by atoms with Crippen molar-refractivity contribution in [2.24, 2.45) is 7.05 Å². The van der Waals surface area contributed by atoms with Crippen LogP contribution in [0, 0.1) is 0 Å². The molecule has 6 heteroatoms. The third-order valence-electron chi connectivity index (χ3n) is 3.83. The van der Waals surface area contributed by atoms with Crippen LogP contribution in [0.2, 0.25) is 5.02 Å². The van der Waals surface area contributed by atoms with Gasteiger partial charge in [-0.25, -0.2) is 4.68 Å². The first-order chi connectivity index (χ1) is 10.6. The minimum absolute atomic E-state index is 0.148. The molecule has 1 heterocycles. The van der Waals surface area contributed by atoms with Gasteiger partial charge in [-0.1, -0.05) is 17.7 Å². The highest BCUT2D eigenvalue weighted by atomic mass is 35.5. The molecule has 0 amide bonds. The van der Waals surface area contributed by atoms with Gasteiger partial charge < -0.3 is 10.1 Å². The summed E-state index contributed by atoms with van der Waals surface area (Å²) in [4.78, 5) is 11.6. The SMILES string of the molecule is Cn1ncc(NCCOc2ccc3c(c2)CCC3)c(Cl)c1=O. The molecule has 116 valence electrons. The first-order valence-corrected chi connectivity index (χ1v) is 7.73. The Morgan fingerprint density at radius 2 is 2.18 bits per heavy atom. The van der Waals surface area contributed by atoms with Gasteiger partial charge in [0.25, 0.3) is 5.56 Å². The number of rotatable bonds is 5. The number of hydrogen-bond donors (Lipinski definition) is 1. The monoisotopic (exact) mass is 319 g/mol. The van der Waals surface area contributed by atoms with E-state index in [9.17, 15) is 4.79 Å². The fraction of sp³-hybridized carbons (Fsp3) is 0.375. The van der Waals surface area contributed by atoms with Gasteiger partial charge in [-0.05, 0) is 42.5 Å². The quantitative estimate of drug-likeness (QED) is 0.860. The predicted molar refractivity (Wildman–Crippen MR) is 86.9 cm³/mol. The van der Waals surface area contributed by atoms with Gasteiger partial charge in [0.2, 0.25) is 0 Å². The Labute approximate surface area is 133 Å². The molecule has 0 saturated carbocycles. The molecule has 1 aromatic heterocycles. The Morgan fingerprint density at radius 3 is 3.05 bits per heavy atom. The van der Waals surface area contributed by atoms with Crippen molar-refractivity contribution in [1.82, 2.24) is 9.78 Å². The van der Waals surface area contributed by atoms with Crippen LogP contribution in [0.5, 0.6) is 5.75 Å². The molecule has 1 aliphatic rings. The smallest absolute Gasteiger partial charge is 0.287 e. The minimum atomic E-state index is -0.314. The Morgan fingerprint density at radius 1 is 1.36 bits per heavy atom. The summed E-state index contributed by atoms with van der Waals surface area (Å²) in [6, 6.07) is 6.28. The Kier molecular flexibility index (Phi) is 4.34. The molecule has 1 N–H and O–H groups in total. The lowest BCUT2D eigenvalue weighted by molar-refractivity contribution is 0.332. The molecule has 1 aromatic carbocycles. The third kappa shape index (κ3) is 3.09. The second-order valence-corrected chi connectivity index (χ2v) is 5.74. The summed E-state index contributed by atoms with van der Waals surface area (Å²) in [6.07, 6.45) is 5.08. The summed E-state index contributed by atoms with van der Waals surface area (Å²) in [5.41, 5.74) is 3.04. The van der Waals surface area contributed by atoms with Crippen molar-refractivity contribution in [2.75, 3.05) is 18.5 Å². The zero-order chi connectivity index (χ0) is 15.5. The maximum atomic E-state index is 11.6. The van der Waals surface area contributed by atoms with Crippen molar-refractivity contribution < 1.29 is 4.74 Å². The normalized spacial score (nSPS) is 13.0. The van der Waals surface area contributed by atoms with E-state index >= 15 is 0 Å². The second-order valence-electron chi connectivity index (χ2n) is 5.36. The molecule has 0 atom stereocenters. The zero-order valence-electron chi connectivity index (χ0n) is 12.4. The number of hydrogen-bond acceptors (Lipinski definition) is 4. The van der Waals surface area contributed by atoms with Crippen molar-refractivity contribution in [3.05, 3.63) is 50.9 Å². The largest absolute Gasteiger partial charge is 0.492 e. The summed E-state index contributed by atoms with van der Waals surface area (Å²) < 4.78 is 6.94. The van der Waals surface area contributed by atoms with Gasteiger partial charge in [-0.2, -0.15) is 5.10 Å². The lowest BCUT2D eigenvalue weighted by Crippen LogP contribution is -2.22. The molecule has 0 unspecified atom stereocenters. The van der Waals surface area contributed by atoms with Gasteiger partial charge in [0.05, 0.1) is 11.9 Å². The molecule has 22 heavy (non-hydrogen) atoms. The van der Waals surface area contributed by atoms with Gasteiger partial charge in [0.1, 0.15) is 17.4 Å². The predicted octanol–water partition coefficient (Wildman–Crippen LogP) is 2.41. The number of halogens is 1. The number of nitrogens with zero attached hydrogens (tertiary/aromatic N) is 2. The van der Waals surface area contributed by atoms with Crippen molar-refractivity contribution in [3.8, 4) is 5.75 Å². The summed E-state index contributed by atoms with van der Waals surface area (Å²) in [5.74, 6) is 0.885. The molecule has 0 aliphatic heterocycles. The van der Waals surface area contributed by atoms with E-state index in [1.54, 1.807) is 13.2 Å². The lowest BCUT2D eigenvalue weighted by atomic mass is 10.1. The van der Waals surface area contributed by atoms with E-state index in [1.165, 1.54) is 28.7 Å². The van der Waals surface area contributed by atoms with Crippen molar-refractivity contribution >= 4 is 17.3 Å². The first-order valence-electron chi connectivity index (χ1n) is 7.35. The summed E-state index contributed by atoms with van der Waals surface area (Å²) in [6.45, 7) is 1.04. The van der Waals surface area contributed by atoms with Gasteiger partial charge >= 0.3 is 0 Å². The maximum Gasteiger partial charge on any atom is 0.287 e. The van der Waals surface area contributed by atoms with Crippen molar-refractivity contribution in [3.63, 3.8) is 0 Å². The van der Waals surface area contributed by atoms with E-state index < -0.39 is 0 Å². The van der Waals surface area contributed by atoms with Crippen LogP contribution in [0.25, 0.3) is 0 Å². The maximum absolute atomic E-state index is 11.6. The summed E-state index contributed by atoms with van der Waals surface area (Å²) in [5, 5.41) is 7.15. The van der Waals surface area contributed by atoms with Crippen molar-refractivity contribution in [1.29, 1.82) is 0 Å². The van der Waals surface area contributed by atoms with E-state index in [2.05, 4.69) is 22.5 Å². The van der Waals surface area contributed by atoms with Crippen LogP contribution in [0.4, 0.5) is 5.69 Å². The number of nitrogens with one attached hydrogen (secondary N) is 1. The molecule has 3 rings (SSSR count). The molecular weight excluding hydrogens is 302 g/mol. The van der Waals surface area contributed by atoms with Crippen LogP contribution in [0.1, 0.15) is 17.5 Å². The van der Waals surface area contributed by atoms with Gasteiger partial charge in [-0.15, -0.1) is 0 Å². The Hall–Kier alpha value is -2.01. The van der Waals surface area contributed by atoms with Crippen molar-refractivity contribution in [2.45, 2.75) is 19.3 Å². The van der Waals surface area contributed by atoms with E-state index in [1.807, 2.05) is 6.07 Å². The van der Waals surface area contributed by atoms with Gasteiger partial charge in [0, 0.05) is 13.6 Å². The van der Waals surface area contributed by atoms with Crippen LogP contribution in [-0.2, 0) is 19.9 Å². The minimum Gasteiger partial charge on any atom is -0.492 e. The molecular formula is C16H18ClN3O2. The third-order valence-corrected chi connectivity index (χ3v) is 4.20. The van der Waals surface area contributed by atoms with E-state index in [0.29, 0.717) is 18.8 Å². The Bertz CT molecular complexity index is 743. The van der Waals surface area contributed by atoms with Gasteiger partial charge in [0.15, 0.2) is 0 Å². The fourth-order valence-corrected chi connectivity index (χ4v) is 2.86. The topological polar surface area (TPSA) is 56.1 Å². The second kappa shape index (κ2) is 6.40. The standard InChI is InChI=1S/C16H18ClN3O2/c1-20-16(21)15(17)14(10-19-20)18-7-8-22-13-6-5-11-3-2-4-12(11)9-13/h5-6,9-10,18H,2-4,7-8H2,1H3. The van der Waals surface area contributed by atoms with Crippen LogP contribution >= 0.6 is 11.6 Å². The molecule has 5 nitrogen and oxygen atoms in total. The van der Waals surface area contributed by atoms with E-state index in [4.69, 9.17) is 16.3 Å². The number of aryl methyl sites for hydroxylation is 3. The number of anilines is 1. The summed E-state index contributed by atoms with van der Waals surface area (Å²) in [7, 11) is 1.56. The highest BCUT2D eigenvalue weighted by Crippen LogP contribution is 2.26. The number of benzene rings is 1. The number of aromatic nitrogens is 2. The average Bonchev–Trinajstić information content (AvgIpc) is 2.99. The molecule has 0 saturated heterocycles. The molecule has 0 radical (unpaired) electrons. The molecule has 0 spiro atoms. The van der Waals surface area contributed by atoms with E-state index in [0.717, 1.165) is 12.2 Å². The van der Waals surface area contributed by atoms with Crippen LogP contribution in [0.3, 0.4) is 0 Å². The molecule has 2 aromatic rings. The van der Waals surface area contributed by atoms with E-state index in [-0.39, 0.29) is 10.6 Å². The van der Waals surface area contributed by atoms with Crippen LogP contribution < -0.4 is 15.6 Å². The average molecular weight is 320 g/mol. The Balaban J connectivity index is 1.54. The molecule has 0 bridgehead atoms. The lowest BCUT2D eigenvalue weighted by Gasteiger charge is -2.10. The highest BCUT2D eigenvalue weighted by molar-refractivity contribution is 6.32.